The van der Waals surface area contributed by atoms with Gasteiger partial charge in [-0.3, -0.25) is 0 Å². The number of hydrogen-bond donors (Lipinski definition) is 1. The maximum Gasteiger partial charge on any atom is 0.335 e. The summed E-state index contributed by atoms with van der Waals surface area (Å²) in [7, 11) is 0. The summed E-state index contributed by atoms with van der Waals surface area (Å²) >= 11 is 0. The van der Waals surface area contributed by atoms with E-state index in [0.717, 1.165) is 22.5 Å². The summed E-state index contributed by atoms with van der Waals surface area (Å²) < 4.78 is 7.21. The van der Waals surface area contributed by atoms with E-state index in [2.05, 4.69) is 10.1 Å². The largest absolute Gasteiger partial charge is 0.478 e. The number of carbonyl (C=O) groups is 1. The van der Waals surface area contributed by atoms with Gasteiger partial charge in [-0.05, 0) is 39.0 Å². The smallest absolute Gasteiger partial charge is 0.335 e. The molecule has 3 aromatic rings. The summed E-state index contributed by atoms with van der Waals surface area (Å²) in [4.78, 5) is 15.3. The van der Waals surface area contributed by atoms with Crippen LogP contribution in [0.1, 0.15) is 40.3 Å². The van der Waals surface area contributed by atoms with Crippen molar-refractivity contribution in [3.8, 4) is 0 Å². The first-order valence-corrected chi connectivity index (χ1v) is 6.61. The number of aryl methyl sites for hydroxylation is 2. The molecule has 2 aromatic heterocycles. The Balaban J connectivity index is 2.11. The van der Waals surface area contributed by atoms with E-state index in [1.54, 1.807) is 24.5 Å². The summed E-state index contributed by atoms with van der Waals surface area (Å²) in [6, 6.07) is 4.95. The van der Waals surface area contributed by atoms with Crippen molar-refractivity contribution in [3.05, 3.63) is 47.1 Å². The third-order valence-corrected chi connectivity index (χ3v) is 3.75. The Morgan fingerprint density at radius 2 is 2.14 bits per heavy atom. The van der Waals surface area contributed by atoms with Crippen molar-refractivity contribution in [1.29, 1.82) is 0 Å². The topological polar surface area (TPSA) is 81.2 Å². The van der Waals surface area contributed by atoms with E-state index in [9.17, 15) is 4.79 Å². The van der Waals surface area contributed by atoms with Gasteiger partial charge >= 0.3 is 5.97 Å². The van der Waals surface area contributed by atoms with Gasteiger partial charge in [-0.2, -0.15) is 0 Å². The first-order valence-electron chi connectivity index (χ1n) is 6.61. The van der Waals surface area contributed by atoms with Crippen molar-refractivity contribution in [1.82, 2.24) is 14.7 Å². The molecule has 0 bridgehead atoms. The van der Waals surface area contributed by atoms with E-state index in [-0.39, 0.29) is 11.6 Å². The third kappa shape index (κ3) is 2.08. The highest BCUT2D eigenvalue weighted by Crippen LogP contribution is 2.28. The molecule has 0 aliphatic carbocycles. The van der Waals surface area contributed by atoms with E-state index in [1.165, 1.54) is 0 Å². The Morgan fingerprint density at radius 3 is 2.76 bits per heavy atom. The Labute approximate surface area is 121 Å². The third-order valence-electron chi connectivity index (χ3n) is 3.75. The van der Waals surface area contributed by atoms with Crippen LogP contribution in [0.15, 0.2) is 29.0 Å². The Hall–Kier alpha value is -2.63. The SMILES string of the molecule is Cc1noc(C)c1C(C)n1cnc2cc(C(=O)O)ccc21. The molecule has 0 spiro atoms. The van der Waals surface area contributed by atoms with Crippen LogP contribution in [-0.4, -0.2) is 25.8 Å². The van der Waals surface area contributed by atoms with Crippen molar-refractivity contribution in [3.63, 3.8) is 0 Å². The lowest BCUT2D eigenvalue weighted by Gasteiger charge is -2.14. The van der Waals surface area contributed by atoms with Crippen LogP contribution < -0.4 is 0 Å². The summed E-state index contributed by atoms with van der Waals surface area (Å²) in [6.07, 6.45) is 1.72. The number of carboxylic acid groups (broad SMARTS) is 1. The van der Waals surface area contributed by atoms with E-state index in [0.29, 0.717) is 5.52 Å². The monoisotopic (exact) mass is 285 g/mol. The van der Waals surface area contributed by atoms with Gasteiger partial charge in [0.2, 0.25) is 0 Å². The van der Waals surface area contributed by atoms with Crippen molar-refractivity contribution < 1.29 is 14.4 Å². The van der Waals surface area contributed by atoms with Gasteiger partial charge < -0.3 is 14.2 Å². The Morgan fingerprint density at radius 1 is 1.38 bits per heavy atom. The van der Waals surface area contributed by atoms with Crippen molar-refractivity contribution in [2.45, 2.75) is 26.8 Å². The molecule has 1 N–H and O–H groups in total. The summed E-state index contributed by atoms with van der Waals surface area (Å²) in [5.74, 6) is -0.172. The number of rotatable bonds is 3. The lowest BCUT2D eigenvalue weighted by Crippen LogP contribution is -2.07. The van der Waals surface area contributed by atoms with Gasteiger partial charge in [0.15, 0.2) is 0 Å². The highest BCUT2D eigenvalue weighted by atomic mass is 16.5. The van der Waals surface area contributed by atoms with Crippen LogP contribution in [0.2, 0.25) is 0 Å². The fourth-order valence-electron chi connectivity index (χ4n) is 2.70. The second-order valence-electron chi connectivity index (χ2n) is 5.07. The van der Waals surface area contributed by atoms with Gasteiger partial charge in [-0.1, -0.05) is 5.16 Å². The predicted molar refractivity (Wildman–Crippen MR) is 76.5 cm³/mol. The maximum atomic E-state index is 11.0. The molecular weight excluding hydrogens is 270 g/mol. The van der Waals surface area contributed by atoms with E-state index in [1.807, 2.05) is 25.3 Å². The molecule has 3 rings (SSSR count). The molecule has 0 aliphatic rings. The second-order valence-corrected chi connectivity index (χ2v) is 5.07. The van der Waals surface area contributed by atoms with Crippen LogP contribution in [-0.2, 0) is 0 Å². The van der Waals surface area contributed by atoms with Gasteiger partial charge in [0.25, 0.3) is 0 Å². The van der Waals surface area contributed by atoms with Crippen molar-refractivity contribution >= 4 is 17.0 Å². The first kappa shape index (κ1) is 13.4. The fraction of sp³-hybridized carbons (Fsp3) is 0.267. The van der Waals surface area contributed by atoms with Gasteiger partial charge in [0.1, 0.15) is 5.76 Å². The molecule has 0 radical (unpaired) electrons. The van der Waals surface area contributed by atoms with Gasteiger partial charge in [0.05, 0.1) is 34.7 Å². The number of benzene rings is 1. The molecule has 0 fully saturated rings. The molecule has 0 saturated carbocycles. The second kappa shape index (κ2) is 4.73. The molecule has 21 heavy (non-hydrogen) atoms. The molecule has 2 heterocycles. The van der Waals surface area contributed by atoms with Crippen LogP contribution in [0, 0.1) is 13.8 Å². The Kier molecular flexibility index (Phi) is 3.01. The Bertz CT molecular complexity index is 812. The highest BCUT2D eigenvalue weighted by molar-refractivity contribution is 5.92. The molecule has 108 valence electrons. The minimum atomic E-state index is -0.953. The first-order chi connectivity index (χ1) is 9.99. The maximum absolute atomic E-state index is 11.0. The van der Waals surface area contributed by atoms with Gasteiger partial charge in [-0.25, -0.2) is 9.78 Å². The van der Waals surface area contributed by atoms with E-state index >= 15 is 0 Å². The fourth-order valence-corrected chi connectivity index (χ4v) is 2.70. The summed E-state index contributed by atoms with van der Waals surface area (Å²) in [6.45, 7) is 5.83. The zero-order valence-corrected chi connectivity index (χ0v) is 12.0. The number of aromatic carboxylic acids is 1. The van der Waals surface area contributed by atoms with E-state index in [4.69, 9.17) is 9.63 Å². The molecule has 6 heteroatoms. The highest BCUT2D eigenvalue weighted by Gasteiger charge is 2.19. The van der Waals surface area contributed by atoms with Crippen LogP contribution in [0.5, 0.6) is 0 Å². The standard InChI is InChI=1S/C15H15N3O3/c1-8-14(10(3)21-17-8)9(2)18-7-16-12-6-11(15(19)20)4-5-13(12)18/h4-7,9H,1-3H3,(H,19,20). The molecule has 1 unspecified atom stereocenters. The minimum absolute atomic E-state index is 0.0110. The van der Waals surface area contributed by atoms with Crippen molar-refractivity contribution in [2.75, 3.05) is 0 Å². The molecule has 0 aliphatic heterocycles. The predicted octanol–water partition coefficient (Wildman–Crippen LogP) is 2.95. The molecular formula is C15H15N3O3. The molecule has 0 amide bonds. The van der Waals surface area contributed by atoms with E-state index < -0.39 is 5.97 Å². The minimum Gasteiger partial charge on any atom is -0.478 e. The lowest BCUT2D eigenvalue weighted by atomic mass is 10.1. The number of aromatic nitrogens is 3. The number of fused-ring (bicyclic) bond motifs is 1. The number of carboxylic acids is 1. The molecule has 6 nitrogen and oxygen atoms in total. The number of imidazole rings is 1. The molecule has 1 aromatic carbocycles. The summed E-state index contributed by atoms with van der Waals surface area (Å²) in [5, 5.41) is 13.0. The lowest BCUT2D eigenvalue weighted by molar-refractivity contribution is 0.0697. The van der Waals surface area contributed by atoms with Crippen molar-refractivity contribution in [2.24, 2.45) is 0 Å². The average Bonchev–Trinajstić information content (AvgIpc) is 3.01. The average molecular weight is 285 g/mol. The van der Waals surface area contributed by atoms with Gasteiger partial charge in [-0.15, -0.1) is 0 Å². The number of hydrogen-bond acceptors (Lipinski definition) is 4. The van der Waals surface area contributed by atoms with Crippen LogP contribution in [0.25, 0.3) is 11.0 Å². The van der Waals surface area contributed by atoms with Crippen LogP contribution >= 0.6 is 0 Å². The van der Waals surface area contributed by atoms with Gasteiger partial charge in [0, 0.05) is 5.56 Å². The molecule has 1 atom stereocenters. The quantitative estimate of drug-likeness (QED) is 0.800. The number of nitrogens with zero attached hydrogens (tertiary/aromatic N) is 3. The zero-order chi connectivity index (χ0) is 15.1. The molecule has 0 saturated heterocycles. The summed E-state index contributed by atoms with van der Waals surface area (Å²) in [5.41, 5.74) is 3.65. The zero-order valence-electron chi connectivity index (χ0n) is 12.0. The van der Waals surface area contributed by atoms with Crippen LogP contribution in [0.3, 0.4) is 0 Å². The van der Waals surface area contributed by atoms with Crippen LogP contribution in [0.4, 0.5) is 0 Å². The normalized spacial score (nSPS) is 12.7.